The number of para-hydroxylation sites is 1. The molecule has 40 heavy (non-hydrogen) atoms. The first-order valence-corrected chi connectivity index (χ1v) is 14.3. The van der Waals surface area contributed by atoms with E-state index in [0.29, 0.717) is 78.8 Å². The third-order valence-electron chi connectivity index (χ3n) is 6.36. The Labute approximate surface area is 238 Å². The van der Waals surface area contributed by atoms with Crippen LogP contribution in [0.25, 0.3) is 0 Å². The van der Waals surface area contributed by atoms with Crippen LogP contribution >= 0.6 is 0 Å². The van der Waals surface area contributed by atoms with Crippen LogP contribution in [0, 0.1) is 11.8 Å². The van der Waals surface area contributed by atoms with Gasteiger partial charge in [0, 0.05) is 37.1 Å². The lowest BCUT2D eigenvalue weighted by molar-refractivity contribution is -0.122. The third kappa shape index (κ3) is 11.5. The molecule has 0 unspecified atom stereocenters. The molecular weight excluding hydrogens is 508 g/mol. The molecule has 1 aliphatic heterocycles. The summed E-state index contributed by atoms with van der Waals surface area (Å²) in [5, 5.41) is 2.93. The van der Waals surface area contributed by atoms with Crippen molar-refractivity contribution in [1.29, 1.82) is 0 Å². The van der Waals surface area contributed by atoms with Crippen molar-refractivity contribution >= 4 is 17.5 Å². The van der Waals surface area contributed by atoms with Crippen LogP contribution in [-0.2, 0) is 35.1 Å². The Bertz CT molecular complexity index is 1110. The summed E-state index contributed by atoms with van der Waals surface area (Å²) in [4.78, 5) is 27.1. The van der Waals surface area contributed by atoms with Gasteiger partial charge in [0.05, 0.1) is 58.5 Å². The number of hydrogen-bond acceptors (Lipinski definition) is 6. The van der Waals surface area contributed by atoms with Crippen LogP contribution in [0.5, 0.6) is 0 Å². The van der Waals surface area contributed by atoms with Gasteiger partial charge >= 0.3 is 0 Å². The van der Waals surface area contributed by atoms with Crippen molar-refractivity contribution in [2.24, 2.45) is 0 Å². The van der Waals surface area contributed by atoms with Gasteiger partial charge in [0.1, 0.15) is 0 Å². The average Bonchev–Trinajstić information content (AvgIpc) is 2.96. The highest BCUT2D eigenvalue weighted by Gasteiger charge is 2.20. The first kappa shape index (κ1) is 31.3. The van der Waals surface area contributed by atoms with E-state index in [9.17, 15) is 9.59 Å². The molecule has 0 bridgehead atoms. The molecule has 0 spiro atoms. The Morgan fingerprint density at radius 3 is 2.12 bits per heavy atom. The van der Waals surface area contributed by atoms with E-state index in [1.165, 1.54) is 0 Å². The van der Waals surface area contributed by atoms with Gasteiger partial charge in [0.2, 0.25) is 11.8 Å². The molecule has 1 N–H and O–H groups in total. The number of ether oxygens (including phenoxy) is 4. The predicted molar refractivity (Wildman–Crippen MR) is 155 cm³/mol. The summed E-state index contributed by atoms with van der Waals surface area (Å²) in [7, 11) is 0. The van der Waals surface area contributed by atoms with Crippen LogP contribution in [0.1, 0.15) is 55.7 Å². The zero-order chi connectivity index (χ0) is 28.3. The van der Waals surface area contributed by atoms with E-state index < -0.39 is 0 Å². The third-order valence-corrected chi connectivity index (χ3v) is 6.36. The van der Waals surface area contributed by atoms with Crippen molar-refractivity contribution in [3.63, 3.8) is 0 Å². The molecule has 0 atom stereocenters. The molecule has 3 rings (SSSR count). The Kier molecular flexibility index (Phi) is 14.8. The Hall–Kier alpha value is -3.22. The Morgan fingerprint density at radius 1 is 0.750 bits per heavy atom. The van der Waals surface area contributed by atoms with Crippen LogP contribution in [0.15, 0.2) is 48.5 Å². The maximum atomic E-state index is 13.2. The summed E-state index contributed by atoms with van der Waals surface area (Å²) in [6.07, 6.45) is 3.22. The van der Waals surface area contributed by atoms with Crippen molar-refractivity contribution in [2.45, 2.75) is 45.6 Å². The zero-order valence-electron chi connectivity index (χ0n) is 23.6. The minimum Gasteiger partial charge on any atom is -0.379 e. The van der Waals surface area contributed by atoms with Gasteiger partial charge in [-0.3, -0.25) is 9.59 Å². The molecule has 2 amide bonds. The highest BCUT2D eigenvalue weighted by molar-refractivity contribution is 5.95. The molecule has 0 aromatic heterocycles. The molecule has 0 radical (unpaired) electrons. The molecule has 0 fully saturated rings. The van der Waals surface area contributed by atoms with E-state index >= 15 is 0 Å². The lowest BCUT2D eigenvalue weighted by atomic mass is 10.0. The van der Waals surface area contributed by atoms with Gasteiger partial charge in [-0.2, -0.15) is 0 Å². The van der Waals surface area contributed by atoms with Gasteiger partial charge in [0.15, 0.2) is 0 Å². The van der Waals surface area contributed by atoms with E-state index in [2.05, 4.69) is 17.2 Å². The van der Waals surface area contributed by atoms with Crippen molar-refractivity contribution in [3.8, 4) is 11.8 Å². The average molecular weight is 551 g/mol. The number of unbranched alkanes of at least 4 members (excludes halogenated alkanes) is 2. The molecule has 2 aromatic carbocycles. The number of nitrogens with zero attached hydrogens (tertiary/aromatic N) is 1. The standard InChI is InChI=1S/C32H42N2O6/c1-2-37-20-21-39-24-25-40-23-22-38-19-17-31(35)33-18-9-3-4-14-32(36)34-26-29-12-6-5-10-27(29)15-16-28-11-7-8-13-30(28)34/h5-8,10-13H,2-4,9,14,17-26H2,1H3,(H,33,35). The number of carbonyl (C=O) groups is 2. The van der Waals surface area contributed by atoms with Crippen molar-refractivity contribution in [2.75, 3.05) is 64.3 Å². The largest absolute Gasteiger partial charge is 0.379 e. The molecule has 8 nitrogen and oxygen atoms in total. The van der Waals surface area contributed by atoms with E-state index in [-0.39, 0.29) is 11.8 Å². The molecule has 1 aliphatic rings. The number of fused-ring (bicyclic) bond motifs is 2. The van der Waals surface area contributed by atoms with Crippen LogP contribution in [0.2, 0.25) is 0 Å². The molecule has 0 aliphatic carbocycles. The summed E-state index contributed by atoms with van der Waals surface area (Å²) in [5.74, 6) is 6.54. The fourth-order valence-corrected chi connectivity index (χ4v) is 4.21. The lowest BCUT2D eigenvalue weighted by Crippen LogP contribution is -2.31. The van der Waals surface area contributed by atoms with Gasteiger partial charge < -0.3 is 29.2 Å². The van der Waals surface area contributed by atoms with Crippen molar-refractivity contribution in [1.82, 2.24) is 5.32 Å². The fourth-order valence-electron chi connectivity index (χ4n) is 4.21. The molecular formula is C32H42N2O6. The number of hydrogen-bond donors (Lipinski definition) is 1. The molecule has 216 valence electrons. The summed E-state index contributed by atoms with van der Waals surface area (Å²) in [6.45, 7) is 7.23. The lowest BCUT2D eigenvalue weighted by Gasteiger charge is -2.26. The molecule has 1 heterocycles. The minimum absolute atomic E-state index is 0.0308. The fraction of sp³-hybridized carbons (Fsp3) is 0.500. The number of rotatable bonds is 19. The molecule has 0 saturated heterocycles. The maximum absolute atomic E-state index is 13.2. The minimum atomic E-state index is -0.0308. The van der Waals surface area contributed by atoms with E-state index in [1.807, 2.05) is 60.4 Å². The monoisotopic (exact) mass is 550 g/mol. The topological polar surface area (TPSA) is 86.3 Å². The second-order valence-electron chi connectivity index (χ2n) is 9.35. The van der Waals surface area contributed by atoms with Gasteiger partial charge in [-0.05, 0) is 43.5 Å². The zero-order valence-corrected chi connectivity index (χ0v) is 23.6. The van der Waals surface area contributed by atoms with Crippen molar-refractivity contribution < 1.29 is 28.5 Å². The van der Waals surface area contributed by atoms with E-state index in [4.69, 9.17) is 18.9 Å². The van der Waals surface area contributed by atoms with Gasteiger partial charge in [-0.25, -0.2) is 0 Å². The van der Waals surface area contributed by atoms with Crippen molar-refractivity contribution in [3.05, 3.63) is 65.2 Å². The molecule has 0 saturated carbocycles. The number of carbonyl (C=O) groups excluding carboxylic acids is 2. The van der Waals surface area contributed by atoms with Crippen LogP contribution in [-0.4, -0.2) is 71.2 Å². The Balaban J connectivity index is 1.24. The summed E-state index contributed by atoms with van der Waals surface area (Å²) < 4.78 is 21.4. The molecule has 8 heteroatoms. The number of anilines is 1. The van der Waals surface area contributed by atoms with Crippen LogP contribution in [0.3, 0.4) is 0 Å². The van der Waals surface area contributed by atoms with Gasteiger partial charge in [0.25, 0.3) is 0 Å². The second kappa shape index (κ2) is 19.0. The highest BCUT2D eigenvalue weighted by Crippen LogP contribution is 2.26. The normalized spacial score (nSPS) is 12.0. The number of nitrogens with one attached hydrogen (secondary N) is 1. The number of amides is 2. The molecule has 2 aromatic rings. The SMILES string of the molecule is CCOCCOCCOCCOCCC(=O)NCCCCCC(=O)N1Cc2ccccc2C#Cc2ccccc21. The predicted octanol–water partition coefficient (Wildman–Crippen LogP) is 4.09. The highest BCUT2D eigenvalue weighted by atomic mass is 16.6. The van der Waals surface area contributed by atoms with Crippen LogP contribution in [0.4, 0.5) is 5.69 Å². The smallest absolute Gasteiger partial charge is 0.227 e. The van der Waals surface area contributed by atoms with Gasteiger partial charge in [-0.15, -0.1) is 0 Å². The maximum Gasteiger partial charge on any atom is 0.227 e. The van der Waals surface area contributed by atoms with E-state index in [1.54, 1.807) is 0 Å². The van der Waals surface area contributed by atoms with E-state index in [0.717, 1.165) is 41.6 Å². The quantitative estimate of drug-likeness (QED) is 0.210. The summed E-state index contributed by atoms with van der Waals surface area (Å²) in [5.41, 5.74) is 3.73. The first-order chi connectivity index (χ1) is 19.7. The van der Waals surface area contributed by atoms with Gasteiger partial charge in [-0.1, -0.05) is 48.6 Å². The van der Waals surface area contributed by atoms with Crippen LogP contribution < -0.4 is 10.2 Å². The second-order valence-corrected chi connectivity index (χ2v) is 9.35. The Morgan fingerprint density at radius 2 is 1.38 bits per heavy atom. The first-order valence-electron chi connectivity index (χ1n) is 14.3. The summed E-state index contributed by atoms with van der Waals surface area (Å²) >= 11 is 0. The summed E-state index contributed by atoms with van der Waals surface area (Å²) in [6, 6.07) is 15.8. The number of benzene rings is 2.